The van der Waals surface area contributed by atoms with Gasteiger partial charge in [0.15, 0.2) is 11.5 Å². The number of methoxy groups -OCH3 is 1. The van der Waals surface area contributed by atoms with E-state index >= 15 is 0 Å². The number of benzene rings is 2. The zero-order chi connectivity index (χ0) is 25.4. The summed E-state index contributed by atoms with van der Waals surface area (Å²) in [6.07, 6.45) is 5.32. The minimum atomic E-state index is -0.174. The van der Waals surface area contributed by atoms with Gasteiger partial charge in [-0.2, -0.15) is 0 Å². The third-order valence-electron chi connectivity index (χ3n) is 7.59. The van der Waals surface area contributed by atoms with Crippen LogP contribution in [0.15, 0.2) is 72.9 Å². The first-order valence-electron chi connectivity index (χ1n) is 12.9. The standard InChI is InChI=1S/C30H32N6O/c1-35(17-18-37-2)20-27-33-34-29-25-19-24(21-7-4-3-5-8-21)28(32-26(25)13-16-36(27)29)22-9-11-23(12-10-22)30(31)14-6-15-30/h3-5,7-13,16,19H,6,14-15,17-18,20,31H2,1-2H3. The number of pyridine rings is 2. The number of nitrogens with two attached hydrogens (primary N) is 1. The Morgan fingerprint density at radius 1 is 1.00 bits per heavy atom. The van der Waals surface area contributed by atoms with Gasteiger partial charge in [-0.25, -0.2) is 4.98 Å². The molecule has 0 bridgehead atoms. The Kier molecular flexibility index (Phi) is 6.20. The Balaban J connectivity index is 1.46. The summed E-state index contributed by atoms with van der Waals surface area (Å²) in [5, 5.41) is 10.1. The predicted molar refractivity (Wildman–Crippen MR) is 147 cm³/mol. The Morgan fingerprint density at radius 3 is 2.49 bits per heavy atom. The Bertz CT molecular complexity index is 1540. The van der Waals surface area contributed by atoms with Crippen molar-refractivity contribution in [2.24, 2.45) is 5.73 Å². The van der Waals surface area contributed by atoms with E-state index < -0.39 is 0 Å². The highest BCUT2D eigenvalue weighted by molar-refractivity contribution is 5.98. The lowest BCUT2D eigenvalue weighted by atomic mass is 9.72. The molecule has 6 rings (SSSR count). The van der Waals surface area contributed by atoms with Crippen molar-refractivity contribution in [1.29, 1.82) is 0 Å². The lowest BCUT2D eigenvalue weighted by Crippen LogP contribution is -2.43. The van der Waals surface area contributed by atoms with Crippen LogP contribution in [-0.4, -0.2) is 51.8 Å². The molecule has 0 radical (unpaired) electrons. The summed E-state index contributed by atoms with van der Waals surface area (Å²) in [4.78, 5) is 7.35. The van der Waals surface area contributed by atoms with E-state index in [0.29, 0.717) is 13.2 Å². The molecule has 3 heterocycles. The molecule has 0 atom stereocenters. The molecule has 2 N–H and O–H groups in total. The number of hydrogen-bond donors (Lipinski definition) is 1. The van der Waals surface area contributed by atoms with Crippen molar-refractivity contribution in [2.45, 2.75) is 31.3 Å². The maximum Gasteiger partial charge on any atom is 0.170 e. The van der Waals surface area contributed by atoms with Crippen molar-refractivity contribution >= 4 is 16.6 Å². The van der Waals surface area contributed by atoms with Crippen LogP contribution in [0.4, 0.5) is 0 Å². The molecule has 0 amide bonds. The second-order valence-corrected chi connectivity index (χ2v) is 10.1. The molecule has 1 fully saturated rings. The van der Waals surface area contributed by atoms with Crippen LogP contribution in [0.1, 0.15) is 30.7 Å². The van der Waals surface area contributed by atoms with Gasteiger partial charge in [-0.3, -0.25) is 9.30 Å². The van der Waals surface area contributed by atoms with Crippen LogP contribution in [0.3, 0.4) is 0 Å². The van der Waals surface area contributed by atoms with Gasteiger partial charge in [0.25, 0.3) is 0 Å². The van der Waals surface area contributed by atoms with Gasteiger partial charge in [0, 0.05) is 41.9 Å². The molecule has 188 valence electrons. The first-order valence-corrected chi connectivity index (χ1v) is 12.9. The number of nitrogens with zero attached hydrogens (tertiary/aromatic N) is 5. The van der Waals surface area contributed by atoms with Crippen molar-refractivity contribution in [1.82, 2.24) is 24.5 Å². The van der Waals surface area contributed by atoms with Crippen LogP contribution in [0.25, 0.3) is 38.9 Å². The fraction of sp³-hybridized carbons (Fsp3) is 0.300. The van der Waals surface area contributed by atoms with Gasteiger partial charge in [-0.15, -0.1) is 10.2 Å². The van der Waals surface area contributed by atoms with Gasteiger partial charge in [-0.05, 0) is 49.6 Å². The molecule has 0 spiro atoms. The summed E-state index contributed by atoms with van der Waals surface area (Å²) < 4.78 is 7.28. The molecule has 37 heavy (non-hydrogen) atoms. The second kappa shape index (κ2) is 9.67. The molecule has 1 aliphatic carbocycles. The van der Waals surface area contributed by atoms with E-state index in [1.165, 1.54) is 12.0 Å². The number of fused-ring (bicyclic) bond motifs is 3. The highest BCUT2D eigenvalue weighted by Gasteiger charge is 2.34. The monoisotopic (exact) mass is 492 g/mol. The minimum Gasteiger partial charge on any atom is -0.383 e. The van der Waals surface area contributed by atoms with Crippen molar-refractivity contribution in [3.8, 4) is 22.4 Å². The van der Waals surface area contributed by atoms with Crippen molar-refractivity contribution in [2.75, 3.05) is 27.3 Å². The first-order chi connectivity index (χ1) is 18.1. The van der Waals surface area contributed by atoms with Crippen LogP contribution >= 0.6 is 0 Å². The SMILES string of the molecule is COCCN(C)Cc1nnc2c3cc(-c4ccccc4)c(-c4ccc(C5(N)CCC5)cc4)nc3ccn12. The van der Waals surface area contributed by atoms with Gasteiger partial charge in [0.1, 0.15) is 0 Å². The van der Waals surface area contributed by atoms with Crippen LogP contribution in [0.5, 0.6) is 0 Å². The third kappa shape index (κ3) is 4.39. The molecule has 3 aromatic heterocycles. The summed E-state index contributed by atoms with van der Waals surface area (Å²) >= 11 is 0. The Labute approximate surface area is 216 Å². The molecule has 5 aromatic rings. The number of aromatic nitrogens is 4. The summed E-state index contributed by atoms with van der Waals surface area (Å²) in [7, 11) is 3.78. The lowest BCUT2D eigenvalue weighted by Gasteiger charge is -2.38. The van der Waals surface area contributed by atoms with E-state index in [2.05, 4.69) is 87.2 Å². The molecular weight excluding hydrogens is 460 g/mol. The lowest BCUT2D eigenvalue weighted by molar-refractivity contribution is 0.157. The van der Waals surface area contributed by atoms with Gasteiger partial charge in [0.05, 0.1) is 24.4 Å². The van der Waals surface area contributed by atoms with Crippen LogP contribution in [0.2, 0.25) is 0 Å². The summed E-state index contributed by atoms with van der Waals surface area (Å²) in [5.74, 6) is 0.892. The third-order valence-corrected chi connectivity index (χ3v) is 7.59. The molecule has 0 aliphatic heterocycles. The zero-order valence-electron chi connectivity index (χ0n) is 21.4. The maximum atomic E-state index is 6.58. The number of rotatable bonds is 8. The summed E-state index contributed by atoms with van der Waals surface area (Å²) in [6.45, 7) is 2.19. The van der Waals surface area contributed by atoms with E-state index in [1.54, 1.807) is 7.11 Å². The average Bonchev–Trinajstić information content (AvgIpc) is 3.33. The summed E-state index contributed by atoms with van der Waals surface area (Å²) in [5.41, 5.74) is 13.5. The highest BCUT2D eigenvalue weighted by atomic mass is 16.5. The molecule has 0 saturated heterocycles. The fourth-order valence-corrected chi connectivity index (χ4v) is 5.18. The molecule has 0 unspecified atom stereocenters. The van der Waals surface area contributed by atoms with Gasteiger partial charge >= 0.3 is 0 Å². The summed E-state index contributed by atoms with van der Waals surface area (Å²) in [6, 6.07) is 23.3. The molecular formula is C30H32N6O. The molecule has 1 aliphatic rings. The van der Waals surface area contributed by atoms with E-state index in [9.17, 15) is 0 Å². The van der Waals surface area contributed by atoms with Crippen LogP contribution in [0, 0.1) is 0 Å². The topological polar surface area (TPSA) is 81.6 Å². The Hall–Kier alpha value is -3.65. The number of hydrogen-bond acceptors (Lipinski definition) is 6. The average molecular weight is 493 g/mol. The van der Waals surface area contributed by atoms with E-state index in [1.807, 2.05) is 12.3 Å². The second-order valence-electron chi connectivity index (χ2n) is 10.1. The van der Waals surface area contributed by atoms with Gasteiger partial charge in [0.2, 0.25) is 0 Å². The maximum absolute atomic E-state index is 6.58. The van der Waals surface area contributed by atoms with E-state index in [4.69, 9.17) is 15.5 Å². The van der Waals surface area contributed by atoms with E-state index in [0.717, 1.165) is 64.1 Å². The zero-order valence-corrected chi connectivity index (χ0v) is 21.4. The van der Waals surface area contributed by atoms with Gasteiger partial charge in [-0.1, -0.05) is 54.6 Å². The molecule has 1 saturated carbocycles. The smallest absolute Gasteiger partial charge is 0.170 e. The number of likely N-dealkylation sites (N-methyl/N-ethyl adjacent to an activating group) is 1. The molecule has 7 nitrogen and oxygen atoms in total. The Morgan fingerprint density at radius 2 is 1.78 bits per heavy atom. The molecule has 7 heteroatoms. The van der Waals surface area contributed by atoms with Crippen molar-refractivity contribution in [3.05, 3.63) is 84.3 Å². The van der Waals surface area contributed by atoms with Gasteiger partial charge < -0.3 is 10.5 Å². The fourth-order valence-electron chi connectivity index (χ4n) is 5.18. The normalized spacial score (nSPS) is 14.9. The number of ether oxygens (including phenoxy) is 1. The van der Waals surface area contributed by atoms with Crippen molar-refractivity contribution in [3.63, 3.8) is 0 Å². The minimum absolute atomic E-state index is 0.174. The predicted octanol–water partition coefficient (Wildman–Crippen LogP) is 5.03. The quantitative estimate of drug-likeness (QED) is 0.327. The van der Waals surface area contributed by atoms with E-state index in [-0.39, 0.29) is 5.54 Å². The highest BCUT2D eigenvalue weighted by Crippen LogP contribution is 2.40. The first kappa shape index (κ1) is 23.7. The molecule has 2 aromatic carbocycles. The largest absolute Gasteiger partial charge is 0.383 e. The van der Waals surface area contributed by atoms with Crippen molar-refractivity contribution < 1.29 is 4.74 Å². The van der Waals surface area contributed by atoms with Crippen LogP contribution in [-0.2, 0) is 16.8 Å². The van der Waals surface area contributed by atoms with Crippen LogP contribution < -0.4 is 5.73 Å².